The summed E-state index contributed by atoms with van der Waals surface area (Å²) in [6.07, 6.45) is -1.83. The van der Waals surface area contributed by atoms with Crippen LogP contribution in [0.5, 0.6) is 0 Å². The zero-order valence-electron chi connectivity index (χ0n) is 17.8. The highest BCUT2D eigenvalue weighted by Gasteiger charge is 2.32. The fourth-order valence-corrected chi connectivity index (χ4v) is 2.81. The van der Waals surface area contributed by atoms with Crippen molar-refractivity contribution in [2.24, 2.45) is 5.92 Å². The summed E-state index contributed by atoms with van der Waals surface area (Å²) >= 11 is 0. The first-order chi connectivity index (χ1) is 14.4. The van der Waals surface area contributed by atoms with E-state index in [2.05, 4.69) is 15.3 Å². The molecule has 2 aromatic heterocycles. The molecule has 31 heavy (non-hydrogen) atoms. The normalized spacial score (nSPS) is 12.5. The number of alkyl halides is 3. The van der Waals surface area contributed by atoms with Crippen LogP contribution in [0.2, 0.25) is 0 Å². The average Bonchev–Trinajstić information content (AvgIpc) is 2.71. The van der Waals surface area contributed by atoms with Crippen LogP contribution in [0.15, 0.2) is 30.6 Å². The zero-order chi connectivity index (χ0) is 23.3. The van der Waals surface area contributed by atoms with Gasteiger partial charge in [0.15, 0.2) is 0 Å². The number of carbonyl (C=O) groups is 2. The van der Waals surface area contributed by atoms with Crippen LogP contribution in [-0.4, -0.2) is 32.7 Å². The third-order valence-electron chi connectivity index (χ3n) is 5.04. The average molecular weight is 437 g/mol. The van der Waals surface area contributed by atoms with E-state index in [-0.39, 0.29) is 24.2 Å². The van der Waals surface area contributed by atoms with E-state index in [4.69, 9.17) is 5.73 Å². The van der Waals surface area contributed by atoms with Crippen molar-refractivity contribution in [1.29, 1.82) is 0 Å². The molecular formula is C21H26F3N5O2. The number of amides is 2. The van der Waals surface area contributed by atoms with Gasteiger partial charge in [0.1, 0.15) is 5.82 Å². The van der Waals surface area contributed by atoms with Gasteiger partial charge < -0.3 is 16.0 Å². The summed E-state index contributed by atoms with van der Waals surface area (Å²) in [5, 5.41) is 2.52. The van der Waals surface area contributed by atoms with Crippen molar-refractivity contribution in [2.75, 3.05) is 11.1 Å². The Hall–Kier alpha value is -3.17. The maximum absolute atomic E-state index is 12.9. The van der Waals surface area contributed by atoms with Gasteiger partial charge in [0.05, 0.1) is 29.7 Å². The Balaban J connectivity index is 2.22. The van der Waals surface area contributed by atoms with Gasteiger partial charge in [-0.05, 0) is 43.0 Å². The number of hydrogen-bond acceptors (Lipinski definition) is 5. The Morgan fingerprint density at radius 3 is 2.35 bits per heavy atom. The number of carbonyl (C=O) groups excluding carboxylic acids is 2. The number of aromatic nitrogens is 2. The molecule has 0 fully saturated rings. The number of rotatable bonds is 6. The summed E-state index contributed by atoms with van der Waals surface area (Å²) in [5.74, 6) is -1.36. The summed E-state index contributed by atoms with van der Waals surface area (Å²) < 4.78 is 38.3. The number of pyridine rings is 2. The van der Waals surface area contributed by atoms with Crippen molar-refractivity contribution in [3.05, 3.63) is 47.4 Å². The third-order valence-corrected chi connectivity index (χ3v) is 5.04. The quantitative estimate of drug-likeness (QED) is 0.672. The van der Waals surface area contributed by atoms with Crippen molar-refractivity contribution in [2.45, 2.75) is 52.9 Å². The highest BCUT2D eigenvalue weighted by Crippen LogP contribution is 2.28. The molecular weight excluding hydrogens is 411 g/mol. The molecule has 0 saturated heterocycles. The van der Waals surface area contributed by atoms with Crippen molar-refractivity contribution in [3.63, 3.8) is 0 Å². The number of aryl methyl sites for hydroxylation is 1. The molecule has 2 rings (SSSR count). The predicted molar refractivity (Wildman–Crippen MR) is 111 cm³/mol. The number of nitrogens with two attached hydrogens (primary N) is 1. The third kappa shape index (κ3) is 6.16. The summed E-state index contributed by atoms with van der Waals surface area (Å²) in [6.45, 7) is 7.29. The van der Waals surface area contributed by atoms with Crippen LogP contribution in [-0.2, 0) is 28.7 Å². The SMILES string of the molecule is CCc1cc(NC(=O)C(=O)N(Cc2ccc(C(F)(F)F)cn2)C(C)C(C)C)cnc1N. The van der Waals surface area contributed by atoms with E-state index < -0.39 is 23.6 Å². The molecule has 0 bridgehead atoms. The van der Waals surface area contributed by atoms with Crippen LogP contribution in [0.25, 0.3) is 0 Å². The predicted octanol–water partition coefficient (Wildman–Crippen LogP) is 3.65. The maximum Gasteiger partial charge on any atom is 0.417 e. The zero-order valence-corrected chi connectivity index (χ0v) is 17.8. The number of nitrogens with zero attached hydrogens (tertiary/aromatic N) is 3. The maximum atomic E-state index is 12.9. The molecule has 168 valence electrons. The van der Waals surface area contributed by atoms with Gasteiger partial charge in [-0.3, -0.25) is 14.6 Å². The number of anilines is 2. The highest BCUT2D eigenvalue weighted by atomic mass is 19.4. The van der Waals surface area contributed by atoms with Gasteiger partial charge in [-0.2, -0.15) is 13.2 Å². The Bertz CT molecular complexity index is 930. The van der Waals surface area contributed by atoms with Crippen LogP contribution in [0.4, 0.5) is 24.7 Å². The molecule has 1 unspecified atom stereocenters. The van der Waals surface area contributed by atoms with E-state index in [1.807, 2.05) is 20.8 Å². The molecule has 0 radical (unpaired) electrons. The van der Waals surface area contributed by atoms with E-state index in [1.54, 1.807) is 13.0 Å². The lowest BCUT2D eigenvalue weighted by Gasteiger charge is -2.31. The van der Waals surface area contributed by atoms with Gasteiger partial charge >= 0.3 is 18.0 Å². The lowest BCUT2D eigenvalue weighted by atomic mass is 10.0. The van der Waals surface area contributed by atoms with Gasteiger partial charge in [-0.25, -0.2) is 4.98 Å². The molecule has 0 saturated carbocycles. The smallest absolute Gasteiger partial charge is 0.383 e. The summed E-state index contributed by atoms with van der Waals surface area (Å²) in [5.41, 5.74) is 6.17. The summed E-state index contributed by atoms with van der Waals surface area (Å²) in [6, 6.07) is 3.38. The molecule has 0 aliphatic rings. The molecule has 2 aromatic rings. The van der Waals surface area contributed by atoms with E-state index in [0.717, 1.165) is 11.6 Å². The van der Waals surface area contributed by atoms with Gasteiger partial charge in [-0.1, -0.05) is 20.8 Å². The van der Waals surface area contributed by atoms with Crippen LogP contribution in [0.3, 0.4) is 0 Å². The van der Waals surface area contributed by atoms with Crippen LogP contribution >= 0.6 is 0 Å². The summed E-state index contributed by atoms with van der Waals surface area (Å²) in [7, 11) is 0. The van der Waals surface area contributed by atoms with E-state index in [9.17, 15) is 22.8 Å². The molecule has 0 aliphatic carbocycles. The molecule has 2 amide bonds. The van der Waals surface area contributed by atoms with Crippen LogP contribution < -0.4 is 11.1 Å². The minimum absolute atomic E-state index is 0.00363. The van der Waals surface area contributed by atoms with Crippen LogP contribution in [0, 0.1) is 5.92 Å². The Labute approximate surface area is 178 Å². The lowest BCUT2D eigenvalue weighted by Crippen LogP contribution is -2.46. The summed E-state index contributed by atoms with van der Waals surface area (Å²) in [4.78, 5) is 34.6. The molecule has 0 aromatic carbocycles. The Kier molecular flexibility index (Phi) is 7.59. The van der Waals surface area contributed by atoms with Gasteiger partial charge in [0.2, 0.25) is 0 Å². The van der Waals surface area contributed by atoms with Crippen LogP contribution in [0.1, 0.15) is 44.5 Å². The van der Waals surface area contributed by atoms with Gasteiger partial charge in [0.25, 0.3) is 0 Å². The Morgan fingerprint density at radius 2 is 1.84 bits per heavy atom. The molecule has 10 heteroatoms. The van der Waals surface area contributed by atoms with E-state index >= 15 is 0 Å². The number of halogens is 3. The first-order valence-electron chi connectivity index (χ1n) is 9.82. The Morgan fingerprint density at radius 1 is 1.16 bits per heavy atom. The number of nitrogens with one attached hydrogen (secondary N) is 1. The molecule has 7 nitrogen and oxygen atoms in total. The fraction of sp³-hybridized carbons (Fsp3) is 0.429. The lowest BCUT2D eigenvalue weighted by molar-refractivity contribution is -0.145. The second-order valence-corrected chi connectivity index (χ2v) is 7.53. The highest BCUT2D eigenvalue weighted by molar-refractivity contribution is 6.39. The standard InChI is InChI=1S/C21H26F3N5O2/c1-5-14-8-17(10-27-18(14)25)28-19(30)20(31)29(13(4)12(2)3)11-16-7-6-15(9-26-16)21(22,23)24/h6-10,12-13H,5,11H2,1-4H3,(H2,25,27)(H,28,30). The molecule has 2 heterocycles. The topological polar surface area (TPSA) is 101 Å². The number of nitrogen functional groups attached to an aromatic ring is 1. The second-order valence-electron chi connectivity index (χ2n) is 7.53. The first kappa shape index (κ1) is 24.1. The monoisotopic (exact) mass is 437 g/mol. The van der Waals surface area contributed by atoms with Crippen molar-refractivity contribution >= 4 is 23.3 Å². The second kappa shape index (κ2) is 9.76. The van der Waals surface area contributed by atoms with E-state index in [0.29, 0.717) is 24.1 Å². The largest absolute Gasteiger partial charge is 0.417 e. The molecule has 0 aliphatic heterocycles. The van der Waals surface area contributed by atoms with E-state index in [1.165, 1.54) is 17.2 Å². The van der Waals surface area contributed by atoms with Gasteiger partial charge in [0, 0.05) is 12.2 Å². The van der Waals surface area contributed by atoms with Crippen molar-refractivity contribution in [3.8, 4) is 0 Å². The fourth-order valence-electron chi connectivity index (χ4n) is 2.81. The number of hydrogen-bond donors (Lipinski definition) is 2. The van der Waals surface area contributed by atoms with Crippen molar-refractivity contribution < 1.29 is 22.8 Å². The molecule has 0 spiro atoms. The van der Waals surface area contributed by atoms with Gasteiger partial charge in [-0.15, -0.1) is 0 Å². The molecule has 3 N–H and O–H groups in total. The first-order valence-corrected chi connectivity index (χ1v) is 9.82. The molecule has 1 atom stereocenters. The minimum atomic E-state index is -4.50. The minimum Gasteiger partial charge on any atom is -0.383 e. The van der Waals surface area contributed by atoms with Crippen molar-refractivity contribution in [1.82, 2.24) is 14.9 Å².